The second kappa shape index (κ2) is 7.22. The van der Waals surface area contributed by atoms with Gasteiger partial charge in [-0.15, -0.1) is 0 Å². The van der Waals surface area contributed by atoms with Crippen molar-refractivity contribution < 1.29 is 9.53 Å². The molecule has 3 aromatic heterocycles. The molecule has 1 saturated heterocycles. The number of carbonyl (C=O) groups is 1. The van der Waals surface area contributed by atoms with Crippen molar-refractivity contribution in [2.75, 3.05) is 25.4 Å². The second-order valence-electron chi connectivity index (χ2n) is 6.55. The Morgan fingerprint density at radius 3 is 2.81 bits per heavy atom. The summed E-state index contributed by atoms with van der Waals surface area (Å²) in [4.78, 5) is 27.5. The molecule has 0 spiro atoms. The number of aromatic nitrogens is 4. The maximum Gasteiger partial charge on any atom is 0.409 e. The number of rotatable bonds is 3. The summed E-state index contributed by atoms with van der Waals surface area (Å²) in [7, 11) is 0. The summed E-state index contributed by atoms with van der Waals surface area (Å²) in [5.41, 5.74) is 8.81. The van der Waals surface area contributed by atoms with E-state index in [9.17, 15) is 4.79 Å². The van der Waals surface area contributed by atoms with E-state index in [1.165, 1.54) is 0 Å². The average molecular weight is 366 g/mol. The van der Waals surface area contributed by atoms with E-state index in [4.69, 9.17) is 15.5 Å². The quantitative estimate of drug-likeness (QED) is 0.765. The number of ether oxygens (including phenoxy) is 1. The molecule has 0 aromatic carbocycles. The molecule has 0 bridgehead atoms. The van der Waals surface area contributed by atoms with Gasteiger partial charge in [-0.3, -0.25) is 4.98 Å². The summed E-state index contributed by atoms with van der Waals surface area (Å²) in [6.45, 7) is 3.48. The van der Waals surface area contributed by atoms with Crippen molar-refractivity contribution >= 4 is 22.9 Å². The van der Waals surface area contributed by atoms with Crippen LogP contribution in [-0.2, 0) is 4.74 Å². The van der Waals surface area contributed by atoms with E-state index in [2.05, 4.69) is 14.5 Å². The highest BCUT2D eigenvalue weighted by Gasteiger charge is 2.28. The minimum absolute atomic E-state index is 0.175. The van der Waals surface area contributed by atoms with E-state index >= 15 is 0 Å². The zero-order chi connectivity index (χ0) is 18.8. The van der Waals surface area contributed by atoms with Crippen molar-refractivity contribution in [1.82, 2.24) is 24.4 Å². The third-order valence-electron chi connectivity index (χ3n) is 4.80. The average Bonchev–Trinajstić information content (AvgIpc) is 3.07. The van der Waals surface area contributed by atoms with Gasteiger partial charge in [0.15, 0.2) is 11.5 Å². The SMILES string of the molecule is CCOC(=O)N1CCC(n2c(-c3ccccn3)nc3cc(N)cnc32)CC1. The molecular weight excluding hydrogens is 344 g/mol. The molecule has 3 aromatic rings. The predicted molar refractivity (Wildman–Crippen MR) is 102 cm³/mol. The summed E-state index contributed by atoms with van der Waals surface area (Å²) >= 11 is 0. The number of nitrogens with two attached hydrogens (primary N) is 1. The molecule has 0 aliphatic carbocycles. The Labute approximate surface area is 157 Å². The molecule has 4 heterocycles. The van der Waals surface area contributed by atoms with Crippen molar-refractivity contribution in [1.29, 1.82) is 0 Å². The molecule has 1 aliphatic rings. The van der Waals surface area contributed by atoms with Crippen molar-refractivity contribution in [2.45, 2.75) is 25.8 Å². The lowest BCUT2D eigenvalue weighted by molar-refractivity contribution is 0.0931. The van der Waals surface area contributed by atoms with Crippen molar-refractivity contribution in [2.24, 2.45) is 0 Å². The minimum Gasteiger partial charge on any atom is -0.450 e. The summed E-state index contributed by atoms with van der Waals surface area (Å²) in [5, 5.41) is 0. The summed E-state index contributed by atoms with van der Waals surface area (Å²) in [6.07, 6.45) is 4.76. The van der Waals surface area contributed by atoms with Crippen LogP contribution in [0.15, 0.2) is 36.7 Å². The monoisotopic (exact) mass is 366 g/mol. The lowest BCUT2D eigenvalue weighted by Crippen LogP contribution is -2.39. The first-order valence-corrected chi connectivity index (χ1v) is 9.14. The number of carbonyl (C=O) groups excluding carboxylic acids is 1. The third kappa shape index (κ3) is 3.30. The smallest absolute Gasteiger partial charge is 0.409 e. The van der Waals surface area contributed by atoms with E-state index in [1.807, 2.05) is 31.2 Å². The van der Waals surface area contributed by atoms with E-state index in [0.29, 0.717) is 25.4 Å². The Kier molecular flexibility index (Phi) is 4.62. The van der Waals surface area contributed by atoms with Crippen LogP contribution in [0.2, 0.25) is 0 Å². The Morgan fingerprint density at radius 2 is 2.11 bits per heavy atom. The summed E-state index contributed by atoms with van der Waals surface area (Å²) in [5.74, 6) is 0.776. The molecule has 8 heteroatoms. The number of fused-ring (bicyclic) bond motifs is 1. The Morgan fingerprint density at radius 1 is 1.30 bits per heavy atom. The van der Waals surface area contributed by atoms with Crippen LogP contribution in [0.4, 0.5) is 10.5 Å². The lowest BCUT2D eigenvalue weighted by Gasteiger charge is -2.32. The predicted octanol–water partition coefficient (Wildman–Crippen LogP) is 2.87. The van der Waals surface area contributed by atoms with Crippen LogP contribution >= 0.6 is 0 Å². The molecule has 1 fully saturated rings. The molecule has 140 valence electrons. The molecule has 27 heavy (non-hydrogen) atoms. The summed E-state index contributed by atoms with van der Waals surface area (Å²) in [6, 6.07) is 7.77. The maximum absolute atomic E-state index is 12.0. The standard InChI is InChI=1S/C19H22N6O2/c1-2-27-19(26)24-9-6-14(7-10-24)25-17-16(11-13(20)12-22-17)23-18(25)15-5-3-4-8-21-15/h3-5,8,11-12,14H,2,6-7,9-10,20H2,1H3. The molecule has 1 amide bonds. The van der Waals surface area contributed by atoms with Gasteiger partial charge in [0.05, 0.1) is 18.5 Å². The van der Waals surface area contributed by atoms with E-state index < -0.39 is 0 Å². The zero-order valence-electron chi connectivity index (χ0n) is 15.2. The molecule has 2 N–H and O–H groups in total. The maximum atomic E-state index is 12.0. The number of hydrogen-bond donors (Lipinski definition) is 1. The van der Waals surface area contributed by atoms with Gasteiger partial charge >= 0.3 is 6.09 Å². The number of amides is 1. The van der Waals surface area contributed by atoms with Crippen LogP contribution in [0, 0.1) is 0 Å². The number of piperidine rings is 1. The van der Waals surface area contributed by atoms with Gasteiger partial charge < -0.3 is 19.9 Å². The van der Waals surface area contributed by atoms with Crippen LogP contribution in [0.25, 0.3) is 22.7 Å². The van der Waals surface area contributed by atoms with Crippen LogP contribution in [-0.4, -0.2) is 50.2 Å². The first-order valence-electron chi connectivity index (χ1n) is 9.14. The highest BCUT2D eigenvalue weighted by molar-refractivity contribution is 5.79. The van der Waals surface area contributed by atoms with E-state index in [1.54, 1.807) is 17.3 Å². The second-order valence-corrected chi connectivity index (χ2v) is 6.55. The summed E-state index contributed by atoms with van der Waals surface area (Å²) < 4.78 is 7.25. The van der Waals surface area contributed by atoms with Crippen LogP contribution < -0.4 is 5.73 Å². The van der Waals surface area contributed by atoms with Crippen LogP contribution in [0.5, 0.6) is 0 Å². The first kappa shape index (κ1) is 17.3. The van der Waals surface area contributed by atoms with E-state index in [0.717, 1.165) is 35.5 Å². The molecule has 0 atom stereocenters. The highest BCUT2D eigenvalue weighted by Crippen LogP contribution is 2.32. The fourth-order valence-corrected chi connectivity index (χ4v) is 3.54. The zero-order valence-corrected chi connectivity index (χ0v) is 15.2. The van der Waals surface area contributed by atoms with Gasteiger partial charge in [0.1, 0.15) is 11.2 Å². The van der Waals surface area contributed by atoms with Gasteiger partial charge in [-0.2, -0.15) is 0 Å². The number of anilines is 1. The molecule has 0 radical (unpaired) electrons. The van der Waals surface area contributed by atoms with Crippen molar-refractivity contribution in [3.63, 3.8) is 0 Å². The largest absolute Gasteiger partial charge is 0.450 e. The molecule has 0 unspecified atom stereocenters. The number of hydrogen-bond acceptors (Lipinski definition) is 6. The van der Waals surface area contributed by atoms with Gasteiger partial charge in [-0.1, -0.05) is 6.07 Å². The fraction of sp³-hybridized carbons (Fsp3) is 0.368. The van der Waals surface area contributed by atoms with Gasteiger partial charge in [-0.25, -0.2) is 14.8 Å². The number of pyridine rings is 2. The molecule has 4 rings (SSSR count). The molecule has 1 aliphatic heterocycles. The molecule has 0 saturated carbocycles. The fourth-order valence-electron chi connectivity index (χ4n) is 3.54. The Balaban J connectivity index is 1.70. The third-order valence-corrected chi connectivity index (χ3v) is 4.80. The van der Waals surface area contributed by atoms with Crippen LogP contribution in [0.3, 0.4) is 0 Å². The number of nitrogen functional groups attached to an aromatic ring is 1. The van der Waals surface area contributed by atoms with Gasteiger partial charge in [0.2, 0.25) is 0 Å². The van der Waals surface area contributed by atoms with E-state index in [-0.39, 0.29) is 12.1 Å². The highest BCUT2D eigenvalue weighted by atomic mass is 16.6. The normalized spacial score (nSPS) is 15.2. The van der Waals surface area contributed by atoms with Crippen molar-refractivity contribution in [3.05, 3.63) is 36.7 Å². The Bertz CT molecular complexity index is 947. The molecular formula is C19H22N6O2. The first-order chi connectivity index (χ1) is 13.2. The Hall–Kier alpha value is -3.16. The van der Waals surface area contributed by atoms with Gasteiger partial charge in [-0.05, 0) is 38.0 Å². The minimum atomic E-state index is -0.248. The number of imidazole rings is 1. The van der Waals surface area contributed by atoms with Crippen LogP contribution in [0.1, 0.15) is 25.8 Å². The topological polar surface area (TPSA) is 99.2 Å². The number of likely N-dealkylation sites (tertiary alicyclic amines) is 1. The lowest BCUT2D eigenvalue weighted by atomic mass is 10.0. The van der Waals surface area contributed by atoms with Gasteiger partial charge in [0.25, 0.3) is 0 Å². The molecule has 8 nitrogen and oxygen atoms in total. The number of nitrogens with zero attached hydrogens (tertiary/aromatic N) is 5. The van der Waals surface area contributed by atoms with Gasteiger partial charge in [0, 0.05) is 25.3 Å². The van der Waals surface area contributed by atoms with Crippen molar-refractivity contribution in [3.8, 4) is 11.5 Å².